The van der Waals surface area contributed by atoms with Crippen molar-refractivity contribution in [3.63, 3.8) is 0 Å². The maximum absolute atomic E-state index is 13.9. The minimum atomic E-state index is -1.61. The Balaban J connectivity index is 2.27. The van der Waals surface area contributed by atoms with Crippen LogP contribution in [0.2, 0.25) is 0 Å². The van der Waals surface area contributed by atoms with Crippen molar-refractivity contribution in [1.82, 2.24) is 9.88 Å². The lowest BCUT2D eigenvalue weighted by Crippen LogP contribution is -2.35. The molecular formula is C18H18FN3O6. The Kier molecular flexibility index (Phi) is 5.43. The van der Waals surface area contributed by atoms with Gasteiger partial charge in [0.15, 0.2) is 0 Å². The predicted molar refractivity (Wildman–Crippen MR) is 96.9 cm³/mol. The number of anilines is 1. The molecule has 9 nitrogen and oxygen atoms in total. The van der Waals surface area contributed by atoms with E-state index in [0.29, 0.717) is 31.9 Å². The van der Waals surface area contributed by atoms with E-state index in [2.05, 4.69) is 4.98 Å². The molecule has 10 heteroatoms. The number of hydrogen-bond donors (Lipinski definition) is 4. The number of ether oxygens (including phenoxy) is 1. The highest BCUT2D eigenvalue weighted by Gasteiger charge is 2.28. The zero-order chi connectivity index (χ0) is 20.4. The fourth-order valence-electron chi connectivity index (χ4n) is 3.25. The van der Waals surface area contributed by atoms with Gasteiger partial charge in [0.1, 0.15) is 22.8 Å². The van der Waals surface area contributed by atoms with Gasteiger partial charge in [-0.2, -0.15) is 0 Å². The molecule has 1 fully saturated rings. The van der Waals surface area contributed by atoms with E-state index in [1.54, 1.807) is 0 Å². The zero-order valence-electron chi connectivity index (χ0n) is 14.7. The van der Waals surface area contributed by atoms with E-state index < -0.39 is 40.3 Å². The summed E-state index contributed by atoms with van der Waals surface area (Å²) in [7, 11) is 0. The lowest BCUT2D eigenvalue weighted by atomic mass is 9.91. The van der Waals surface area contributed by atoms with E-state index in [0.717, 1.165) is 6.07 Å². The van der Waals surface area contributed by atoms with Crippen molar-refractivity contribution < 1.29 is 28.9 Å². The third kappa shape index (κ3) is 3.73. The van der Waals surface area contributed by atoms with Crippen molar-refractivity contribution in [1.29, 1.82) is 0 Å². The summed E-state index contributed by atoms with van der Waals surface area (Å²) < 4.78 is 19.2. The van der Waals surface area contributed by atoms with Crippen LogP contribution >= 0.6 is 0 Å². The molecule has 148 valence electrons. The predicted octanol–water partition coefficient (Wildman–Crippen LogP) is 0.992. The fraction of sp³-hybridized carbons (Fsp3) is 0.278. The molecule has 5 N–H and O–H groups in total. The minimum Gasteiger partial charge on any atom is -0.478 e. The summed E-state index contributed by atoms with van der Waals surface area (Å²) in [5.74, 6) is -4.16. The number of aromatic carboxylic acids is 2. The lowest BCUT2D eigenvalue weighted by Gasteiger charge is -2.27. The molecule has 0 saturated carbocycles. The number of carboxylic acids is 2. The van der Waals surface area contributed by atoms with Gasteiger partial charge in [0.2, 0.25) is 0 Å². The molecule has 1 aromatic carbocycles. The van der Waals surface area contributed by atoms with Gasteiger partial charge >= 0.3 is 11.9 Å². The van der Waals surface area contributed by atoms with Crippen LogP contribution in [0.25, 0.3) is 11.1 Å². The summed E-state index contributed by atoms with van der Waals surface area (Å²) in [6.45, 7) is 2.35. The van der Waals surface area contributed by atoms with Crippen molar-refractivity contribution in [3.05, 3.63) is 51.1 Å². The van der Waals surface area contributed by atoms with Gasteiger partial charge in [-0.1, -0.05) is 6.07 Å². The number of halogens is 1. The molecule has 0 spiro atoms. The van der Waals surface area contributed by atoms with Crippen molar-refractivity contribution in [2.75, 3.05) is 32.0 Å². The topological polar surface area (TPSA) is 146 Å². The molecule has 2 aromatic rings. The number of pyridine rings is 1. The third-order valence-corrected chi connectivity index (χ3v) is 4.51. The molecule has 28 heavy (non-hydrogen) atoms. The average Bonchev–Trinajstić information content (AvgIpc) is 2.61. The van der Waals surface area contributed by atoms with Crippen LogP contribution in [0.3, 0.4) is 0 Å². The number of nitrogen functional groups attached to an aromatic ring is 1. The van der Waals surface area contributed by atoms with Crippen molar-refractivity contribution >= 4 is 17.8 Å². The molecule has 0 amide bonds. The highest BCUT2D eigenvalue weighted by atomic mass is 19.1. The van der Waals surface area contributed by atoms with Crippen molar-refractivity contribution in [2.45, 2.75) is 6.54 Å². The molecule has 3 rings (SSSR count). The monoisotopic (exact) mass is 391 g/mol. The largest absolute Gasteiger partial charge is 0.478 e. The first-order valence-corrected chi connectivity index (χ1v) is 8.40. The van der Waals surface area contributed by atoms with E-state index in [-0.39, 0.29) is 17.7 Å². The summed E-state index contributed by atoms with van der Waals surface area (Å²) in [6.07, 6.45) is 0. The standard InChI is InChI=1S/C18H18FN3O6/c19-10-1-2-11(9(7-10)8-22-3-5-28-6-4-22)12-13(17(24)25)15(20)21-16(23)14(12)18(26)27/h1-2,7H,3-6,8H2,(H,24,25)(H,26,27)(H3,20,21,23). The first-order valence-electron chi connectivity index (χ1n) is 8.40. The summed E-state index contributed by atoms with van der Waals surface area (Å²) >= 11 is 0. The maximum Gasteiger partial charge on any atom is 0.342 e. The Morgan fingerprint density at radius 1 is 1.18 bits per heavy atom. The van der Waals surface area contributed by atoms with Crippen molar-refractivity contribution in [3.8, 4) is 11.1 Å². The third-order valence-electron chi connectivity index (χ3n) is 4.51. The maximum atomic E-state index is 13.9. The zero-order valence-corrected chi connectivity index (χ0v) is 14.7. The fourth-order valence-corrected chi connectivity index (χ4v) is 3.25. The molecule has 1 aliphatic heterocycles. The summed E-state index contributed by atoms with van der Waals surface area (Å²) in [5, 5.41) is 19.1. The second-order valence-electron chi connectivity index (χ2n) is 6.29. The number of benzene rings is 1. The number of carbonyl (C=O) groups is 2. The summed E-state index contributed by atoms with van der Waals surface area (Å²) in [6, 6.07) is 3.53. The van der Waals surface area contributed by atoms with Gasteiger partial charge in [0.25, 0.3) is 5.56 Å². The van der Waals surface area contributed by atoms with Gasteiger partial charge in [0, 0.05) is 25.2 Å². The number of nitrogens with zero attached hydrogens (tertiary/aromatic N) is 1. The first kappa shape index (κ1) is 19.5. The van der Waals surface area contributed by atoms with Crippen LogP contribution in [-0.4, -0.2) is 58.3 Å². The van der Waals surface area contributed by atoms with E-state index in [1.165, 1.54) is 12.1 Å². The Labute approximate surface area is 158 Å². The van der Waals surface area contributed by atoms with Gasteiger partial charge in [-0.05, 0) is 23.3 Å². The Hall–Kier alpha value is -3.24. The SMILES string of the molecule is Nc1[nH]c(=O)c(C(=O)O)c(-c2ccc(F)cc2CN2CCOCC2)c1C(=O)O. The van der Waals surface area contributed by atoms with Gasteiger partial charge in [-0.25, -0.2) is 14.0 Å². The van der Waals surface area contributed by atoms with Crippen LogP contribution < -0.4 is 11.3 Å². The lowest BCUT2D eigenvalue weighted by molar-refractivity contribution is 0.0342. The molecule has 1 saturated heterocycles. The number of rotatable bonds is 5. The molecule has 0 radical (unpaired) electrons. The summed E-state index contributed by atoms with van der Waals surface area (Å²) in [4.78, 5) is 39.7. The van der Waals surface area contributed by atoms with E-state index in [4.69, 9.17) is 10.5 Å². The summed E-state index contributed by atoms with van der Waals surface area (Å²) in [5.41, 5.74) is 3.44. The normalized spacial score (nSPS) is 14.8. The van der Waals surface area contributed by atoms with Gasteiger partial charge in [-0.3, -0.25) is 9.69 Å². The first-order chi connectivity index (χ1) is 13.3. The molecule has 1 aromatic heterocycles. The highest BCUT2D eigenvalue weighted by molar-refractivity contribution is 6.07. The number of nitrogens with one attached hydrogen (secondary N) is 1. The van der Waals surface area contributed by atoms with Crippen LogP contribution in [0.15, 0.2) is 23.0 Å². The number of morpholine rings is 1. The molecular weight excluding hydrogens is 373 g/mol. The van der Waals surface area contributed by atoms with E-state index in [9.17, 15) is 29.0 Å². The minimum absolute atomic E-state index is 0.125. The van der Waals surface area contributed by atoms with E-state index in [1.807, 2.05) is 4.90 Å². The number of nitrogens with two attached hydrogens (primary N) is 1. The van der Waals surface area contributed by atoms with Crippen LogP contribution in [0, 0.1) is 5.82 Å². The average molecular weight is 391 g/mol. The Morgan fingerprint density at radius 3 is 2.43 bits per heavy atom. The molecule has 1 aliphatic rings. The van der Waals surface area contributed by atoms with Crippen LogP contribution in [-0.2, 0) is 11.3 Å². The smallest absolute Gasteiger partial charge is 0.342 e. The Morgan fingerprint density at radius 2 is 1.82 bits per heavy atom. The van der Waals surface area contributed by atoms with E-state index >= 15 is 0 Å². The number of H-pyrrole nitrogens is 1. The van der Waals surface area contributed by atoms with Crippen LogP contribution in [0.1, 0.15) is 26.3 Å². The number of carboxylic acid groups (broad SMARTS) is 2. The van der Waals surface area contributed by atoms with Gasteiger partial charge in [0.05, 0.1) is 13.2 Å². The number of aromatic nitrogens is 1. The molecule has 0 aliphatic carbocycles. The molecule has 2 heterocycles. The molecule has 0 bridgehead atoms. The molecule has 0 atom stereocenters. The number of hydrogen-bond acceptors (Lipinski definition) is 6. The van der Waals surface area contributed by atoms with Crippen LogP contribution in [0.4, 0.5) is 10.2 Å². The van der Waals surface area contributed by atoms with Gasteiger partial charge in [-0.15, -0.1) is 0 Å². The molecule has 0 unspecified atom stereocenters. The quantitative estimate of drug-likeness (QED) is 0.590. The highest BCUT2D eigenvalue weighted by Crippen LogP contribution is 2.33. The van der Waals surface area contributed by atoms with Crippen molar-refractivity contribution in [2.24, 2.45) is 0 Å². The van der Waals surface area contributed by atoms with Crippen LogP contribution in [0.5, 0.6) is 0 Å². The second-order valence-corrected chi connectivity index (χ2v) is 6.29. The van der Waals surface area contributed by atoms with Gasteiger partial charge < -0.3 is 25.7 Å². The second kappa shape index (κ2) is 7.79. The Bertz CT molecular complexity index is 998. The number of aromatic amines is 1.